The Kier molecular flexibility index (Phi) is 5.90. The van der Waals surface area contributed by atoms with Crippen LogP contribution in [0.1, 0.15) is 25.8 Å². The lowest BCUT2D eigenvalue weighted by Gasteiger charge is -2.29. The third-order valence-corrected chi connectivity index (χ3v) is 3.06. The highest BCUT2D eigenvalue weighted by molar-refractivity contribution is 6.29. The van der Waals surface area contributed by atoms with E-state index >= 15 is 0 Å². The molecule has 5 heteroatoms. The SMILES string of the molecule is CCC(C)N(CCOC)c1cc(C#N)cc(Cl)n1. The molecule has 0 saturated heterocycles. The van der Waals surface area contributed by atoms with E-state index in [9.17, 15) is 0 Å². The first kappa shape index (κ1) is 14.7. The summed E-state index contributed by atoms with van der Waals surface area (Å²) >= 11 is 5.93. The third-order valence-electron chi connectivity index (χ3n) is 2.86. The number of pyridine rings is 1. The van der Waals surface area contributed by atoms with Gasteiger partial charge in [0.05, 0.1) is 18.2 Å². The zero-order chi connectivity index (χ0) is 13.5. The Labute approximate surface area is 113 Å². The number of anilines is 1. The average Bonchev–Trinajstić information content (AvgIpc) is 2.38. The second-order valence-corrected chi connectivity index (χ2v) is 4.48. The van der Waals surface area contributed by atoms with E-state index in [4.69, 9.17) is 21.6 Å². The van der Waals surface area contributed by atoms with Crippen LogP contribution in [0.25, 0.3) is 0 Å². The molecule has 0 amide bonds. The fraction of sp³-hybridized carbons (Fsp3) is 0.538. The van der Waals surface area contributed by atoms with Gasteiger partial charge in [-0.25, -0.2) is 4.98 Å². The Morgan fingerprint density at radius 3 is 2.83 bits per heavy atom. The Morgan fingerprint density at radius 1 is 1.56 bits per heavy atom. The first-order valence-corrected chi connectivity index (χ1v) is 6.33. The van der Waals surface area contributed by atoms with E-state index in [1.807, 2.05) is 0 Å². The molecule has 0 spiro atoms. The fourth-order valence-corrected chi connectivity index (χ4v) is 1.87. The summed E-state index contributed by atoms with van der Waals surface area (Å²) in [7, 11) is 1.67. The van der Waals surface area contributed by atoms with E-state index in [1.54, 1.807) is 19.2 Å². The Morgan fingerprint density at radius 2 is 2.28 bits per heavy atom. The molecule has 0 N–H and O–H groups in total. The summed E-state index contributed by atoms with van der Waals surface area (Å²) in [6, 6.07) is 5.73. The maximum Gasteiger partial charge on any atom is 0.132 e. The minimum atomic E-state index is 0.317. The summed E-state index contributed by atoms with van der Waals surface area (Å²) in [5, 5.41) is 9.30. The van der Waals surface area contributed by atoms with Gasteiger partial charge in [-0.1, -0.05) is 18.5 Å². The van der Waals surface area contributed by atoms with E-state index in [2.05, 4.69) is 29.8 Å². The molecule has 0 radical (unpaired) electrons. The molecule has 98 valence electrons. The van der Waals surface area contributed by atoms with E-state index in [-0.39, 0.29) is 0 Å². The van der Waals surface area contributed by atoms with Crippen LogP contribution in [-0.2, 0) is 4.74 Å². The number of methoxy groups -OCH3 is 1. The van der Waals surface area contributed by atoms with Crippen LogP contribution in [-0.4, -0.2) is 31.3 Å². The molecule has 0 aliphatic carbocycles. The van der Waals surface area contributed by atoms with E-state index in [0.29, 0.717) is 23.4 Å². The number of aromatic nitrogens is 1. The van der Waals surface area contributed by atoms with Crippen LogP contribution in [0.5, 0.6) is 0 Å². The molecule has 0 aromatic carbocycles. The second-order valence-electron chi connectivity index (χ2n) is 4.09. The first-order chi connectivity index (χ1) is 8.62. The lowest BCUT2D eigenvalue weighted by molar-refractivity contribution is 0.203. The molecule has 4 nitrogen and oxygen atoms in total. The van der Waals surface area contributed by atoms with Gasteiger partial charge in [-0.05, 0) is 25.5 Å². The van der Waals surface area contributed by atoms with Crippen molar-refractivity contribution in [3.63, 3.8) is 0 Å². The summed E-state index contributed by atoms with van der Waals surface area (Å²) in [6.45, 7) is 5.56. The van der Waals surface area contributed by atoms with E-state index in [1.165, 1.54) is 0 Å². The van der Waals surface area contributed by atoms with Gasteiger partial charge in [-0.2, -0.15) is 5.26 Å². The zero-order valence-electron chi connectivity index (χ0n) is 11.0. The smallest absolute Gasteiger partial charge is 0.132 e. The van der Waals surface area contributed by atoms with Gasteiger partial charge in [0.1, 0.15) is 11.0 Å². The van der Waals surface area contributed by atoms with Gasteiger partial charge in [-0.3, -0.25) is 0 Å². The van der Waals surface area contributed by atoms with E-state index < -0.39 is 0 Å². The monoisotopic (exact) mass is 267 g/mol. The van der Waals surface area contributed by atoms with Gasteiger partial charge >= 0.3 is 0 Å². The minimum absolute atomic E-state index is 0.317. The van der Waals surface area contributed by atoms with Crippen molar-refractivity contribution in [2.24, 2.45) is 0 Å². The zero-order valence-corrected chi connectivity index (χ0v) is 11.7. The van der Waals surface area contributed by atoms with Gasteiger partial charge in [0, 0.05) is 19.7 Å². The number of hydrogen-bond acceptors (Lipinski definition) is 4. The molecular formula is C13H18ClN3O. The molecule has 1 unspecified atom stereocenters. The van der Waals surface area contributed by atoms with Gasteiger partial charge in [0.25, 0.3) is 0 Å². The lowest BCUT2D eigenvalue weighted by atomic mass is 10.2. The second kappa shape index (κ2) is 7.20. The molecule has 0 bridgehead atoms. The predicted octanol–water partition coefficient (Wildman–Crippen LogP) is 2.86. The lowest BCUT2D eigenvalue weighted by Crippen LogP contribution is -2.36. The van der Waals surface area contributed by atoms with Gasteiger partial charge in [-0.15, -0.1) is 0 Å². The maximum atomic E-state index is 8.96. The number of ether oxygens (including phenoxy) is 1. The van der Waals surface area contributed by atoms with Crippen molar-refractivity contribution in [1.29, 1.82) is 5.26 Å². The van der Waals surface area contributed by atoms with Crippen LogP contribution in [0.2, 0.25) is 5.15 Å². The summed E-state index contributed by atoms with van der Waals surface area (Å²) in [5.41, 5.74) is 0.524. The largest absolute Gasteiger partial charge is 0.383 e. The van der Waals surface area contributed by atoms with Crippen molar-refractivity contribution >= 4 is 17.4 Å². The van der Waals surface area contributed by atoms with Gasteiger partial charge < -0.3 is 9.64 Å². The summed E-state index contributed by atoms with van der Waals surface area (Å²) in [6.07, 6.45) is 0.986. The maximum absolute atomic E-state index is 8.96. The molecule has 0 aliphatic rings. The Balaban J connectivity index is 3.04. The highest BCUT2D eigenvalue weighted by Crippen LogP contribution is 2.20. The number of nitrogens with zero attached hydrogens (tertiary/aromatic N) is 3. The Hall–Kier alpha value is -1.31. The normalized spacial score (nSPS) is 11.9. The molecule has 18 heavy (non-hydrogen) atoms. The van der Waals surface area contributed by atoms with Crippen LogP contribution in [0.3, 0.4) is 0 Å². The third kappa shape index (κ3) is 3.86. The number of rotatable bonds is 6. The van der Waals surface area contributed by atoms with Crippen LogP contribution in [0.4, 0.5) is 5.82 Å². The molecule has 1 heterocycles. The minimum Gasteiger partial charge on any atom is -0.383 e. The van der Waals surface area contributed by atoms with Gasteiger partial charge in [0.15, 0.2) is 0 Å². The van der Waals surface area contributed by atoms with Crippen molar-refractivity contribution in [3.8, 4) is 6.07 Å². The predicted molar refractivity (Wildman–Crippen MR) is 72.9 cm³/mol. The molecule has 0 fully saturated rings. The van der Waals surface area contributed by atoms with Crippen molar-refractivity contribution in [2.45, 2.75) is 26.3 Å². The number of halogens is 1. The highest BCUT2D eigenvalue weighted by atomic mass is 35.5. The van der Waals surface area contributed by atoms with Crippen molar-refractivity contribution < 1.29 is 4.74 Å². The highest BCUT2D eigenvalue weighted by Gasteiger charge is 2.15. The molecule has 1 aromatic rings. The molecule has 1 atom stereocenters. The number of hydrogen-bond donors (Lipinski definition) is 0. The van der Waals surface area contributed by atoms with Crippen molar-refractivity contribution in [3.05, 3.63) is 22.8 Å². The summed E-state index contributed by atoms with van der Waals surface area (Å²) in [4.78, 5) is 6.40. The van der Waals surface area contributed by atoms with Crippen LogP contribution in [0.15, 0.2) is 12.1 Å². The molecule has 1 aromatic heterocycles. The average molecular weight is 268 g/mol. The molecular weight excluding hydrogens is 250 g/mol. The molecule has 0 saturated carbocycles. The van der Waals surface area contributed by atoms with Gasteiger partial charge in [0.2, 0.25) is 0 Å². The summed E-state index contributed by atoms with van der Waals surface area (Å²) in [5.74, 6) is 0.727. The molecule has 0 aliphatic heterocycles. The summed E-state index contributed by atoms with van der Waals surface area (Å²) < 4.78 is 5.11. The van der Waals surface area contributed by atoms with E-state index in [0.717, 1.165) is 18.8 Å². The van der Waals surface area contributed by atoms with Crippen molar-refractivity contribution in [2.75, 3.05) is 25.2 Å². The molecule has 1 rings (SSSR count). The number of nitriles is 1. The first-order valence-electron chi connectivity index (χ1n) is 5.95. The quantitative estimate of drug-likeness (QED) is 0.744. The topological polar surface area (TPSA) is 49.1 Å². The van der Waals surface area contributed by atoms with Crippen LogP contribution < -0.4 is 4.90 Å². The Bertz CT molecular complexity index is 431. The van der Waals surface area contributed by atoms with Crippen molar-refractivity contribution in [1.82, 2.24) is 4.98 Å². The standard InChI is InChI=1S/C13H18ClN3O/c1-4-10(2)17(5-6-18-3)13-8-11(9-15)7-12(14)16-13/h7-8,10H,4-6H2,1-3H3. The fourth-order valence-electron chi connectivity index (χ4n) is 1.67. The van der Waals surface area contributed by atoms with Crippen LogP contribution in [0, 0.1) is 11.3 Å². The van der Waals surface area contributed by atoms with Crippen LogP contribution >= 0.6 is 11.6 Å².